The summed E-state index contributed by atoms with van der Waals surface area (Å²) < 4.78 is 78.7. The van der Waals surface area contributed by atoms with Crippen molar-refractivity contribution in [2.75, 3.05) is 10.6 Å². The molecule has 1 aromatic heterocycles. The number of halogens is 4. The number of rotatable bonds is 4. The molecular weight excluding hydrogens is 460 g/mol. The minimum atomic E-state index is -5.06. The Morgan fingerprint density at radius 1 is 1.19 bits per heavy atom. The van der Waals surface area contributed by atoms with E-state index >= 15 is 0 Å². The van der Waals surface area contributed by atoms with Gasteiger partial charge in [0, 0.05) is 19.0 Å². The first-order valence-corrected chi connectivity index (χ1v) is 10.6. The van der Waals surface area contributed by atoms with E-state index in [2.05, 4.69) is 0 Å². The van der Waals surface area contributed by atoms with Gasteiger partial charge in [0.1, 0.15) is 17.6 Å². The summed E-state index contributed by atoms with van der Waals surface area (Å²) in [7, 11) is -3.67. The molecule has 0 aliphatic carbocycles. The number of hydrogen-bond acceptors (Lipinski definition) is 6. The van der Waals surface area contributed by atoms with Crippen molar-refractivity contribution in [2.24, 2.45) is 13.0 Å². The van der Waals surface area contributed by atoms with Gasteiger partial charge >= 0.3 is 11.9 Å². The van der Waals surface area contributed by atoms with Crippen LogP contribution in [0.4, 0.5) is 23.2 Å². The second-order valence-electron chi connectivity index (χ2n) is 7.00. The molecule has 0 saturated heterocycles. The summed E-state index contributed by atoms with van der Waals surface area (Å²) >= 11 is 0. The fraction of sp³-hybridized carbons (Fsp3) is 0.333. The first kappa shape index (κ1) is 24.8. The number of amides is 1. The zero-order valence-corrected chi connectivity index (χ0v) is 17.9. The molecule has 9 nitrogen and oxygen atoms in total. The average Bonchev–Trinajstić information content (AvgIpc) is 2.64. The van der Waals surface area contributed by atoms with Crippen molar-refractivity contribution in [1.82, 2.24) is 9.13 Å². The van der Waals surface area contributed by atoms with Gasteiger partial charge in [0.25, 0.3) is 5.56 Å². The Balaban J connectivity index is 2.98. The molecule has 2 rings (SSSR count). The summed E-state index contributed by atoms with van der Waals surface area (Å²) in [5, 5.41) is 9.31. The molecule has 0 radical (unpaired) electrons. The van der Waals surface area contributed by atoms with E-state index in [0.29, 0.717) is 25.4 Å². The van der Waals surface area contributed by atoms with E-state index in [1.54, 1.807) is 0 Å². The standard InChI is InChI=1S/C18H16F4N4O5S/c1-9(2)16(28)26(32(4,30)31)12-6-13(11(19)5-10(12)8-23)25-15(27)7-14(18(20,21)22)24(3)17(25)29/h5-7,9H,1-4H3. The van der Waals surface area contributed by atoms with Gasteiger partial charge < -0.3 is 0 Å². The predicted molar refractivity (Wildman–Crippen MR) is 104 cm³/mol. The number of carbonyl (C=O) groups excluding carboxylic acids is 1. The summed E-state index contributed by atoms with van der Waals surface area (Å²) in [5.74, 6) is -3.28. The Morgan fingerprint density at radius 3 is 2.19 bits per heavy atom. The third-order valence-electron chi connectivity index (χ3n) is 4.28. The highest BCUT2D eigenvalue weighted by Gasteiger charge is 2.36. The lowest BCUT2D eigenvalue weighted by Gasteiger charge is -2.24. The molecule has 0 spiro atoms. The second kappa shape index (κ2) is 8.23. The molecule has 0 unspecified atom stereocenters. The van der Waals surface area contributed by atoms with Crippen molar-refractivity contribution < 1.29 is 30.8 Å². The Bertz CT molecular complexity index is 1370. The van der Waals surface area contributed by atoms with Crippen molar-refractivity contribution in [2.45, 2.75) is 20.0 Å². The number of anilines is 1. The van der Waals surface area contributed by atoms with Gasteiger partial charge in [-0.15, -0.1) is 0 Å². The molecule has 0 N–H and O–H groups in total. The van der Waals surface area contributed by atoms with E-state index < -0.39 is 67.7 Å². The Hall–Kier alpha value is -3.47. The highest BCUT2D eigenvalue weighted by atomic mass is 32.2. The highest BCUT2D eigenvalue weighted by molar-refractivity contribution is 7.92. The van der Waals surface area contributed by atoms with E-state index in [1.165, 1.54) is 19.9 Å². The van der Waals surface area contributed by atoms with E-state index in [4.69, 9.17) is 0 Å². The van der Waals surface area contributed by atoms with Gasteiger partial charge in [-0.05, 0) is 12.1 Å². The topological polar surface area (TPSA) is 122 Å². The zero-order chi connectivity index (χ0) is 24.8. The van der Waals surface area contributed by atoms with E-state index in [9.17, 15) is 45.6 Å². The molecule has 0 aliphatic heterocycles. The molecule has 0 atom stereocenters. The van der Waals surface area contributed by atoms with E-state index in [-0.39, 0.29) is 19.5 Å². The lowest BCUT2D eigenvalue weighted by Crippen LogP contribution is -2.42. The Kier molecular flexibility index (Phi) is 6.38. The number of sulfonamides is 1. The molecular formula is C18H16F4N4O5S. The van der Waals surface area contributed by atoms with Gasteiger partial charge in [-0.1, -0.05) is 13.8 Å². The molecule has 2 aromatic rings. The second-order valence-corrected chi connectivity index (χ2v) is 8.83. The van der Waals surface area contributed by atoms with Crippen LogP contribution in [0.5, 0.6) is 0 Å². The molecule has 172 valence electrons. The van der Waals surface area contributed by atoms with Gasteiger partial charge in [0.05, 0.1) is 23.2 Å². The fourth-order valence-electron chi connectivity index (χ4n) is 2.79. The molecule has 14 heteroatoms. The third-order valence-corrected chi connectivity index (χ3v) is 5.32. The molecule has 1 aromatic carbocycles. The highest BCUT2D eigenvalue weighted by Crippen LogP contribution is 2.30. The number of hydrogen-bond donors (Lipinski definition) is 0. The van der Waals surface area contributed by atoms with Gasteiger partial charge in [0.2, 0.25) is 15.9 Å². The van der Waals surface area contributed by atoms with Crippen molar-refractivity contribution >= 4 is 21.6 Å². The molecule has 32 heavy (non-hydrogen) atoms. The third kappa shape index (κ3) is 4.42. The minimum Gasteiger partial charge on any atom is -0.292 e. The largest absolute Gasteiger partial charge is 0.431 e. The summed E-state index contributed by atoms with van der Waals surface area (Å²) in [6.07, 6.45) is -4.42. The Labute approximate surface area is 178 Å². The van der Waals surface area contributed by atoms with E-state index in [0.717, 1.165) is 0 Å². The number of benzene rings is 1. The molecule has 0 aliphatic rings. The molecule has 0 saturated carbocycles. The number of nitrogens with zero attached hydrogens (tertiary/aromatic N) is 4. The summed E-state index contributed by atoms with van der Waals surface area (Å²) in [6, 6.07) is 2.62. The van der Waals surface area contributed by atoms with Gasteiger partial charge in [-0.2, -0.15) is 18.4 Å². The number of nitriles is 1. The maximum Gasteiger partial charge on any atom is 0.431 e. The van der Waals surface area contributed by atoms with Crippen LogP contribution >= 0.6 is 0 Å². The average molecular weight is 476 g/mol. The molecule has 0 fully saturated rings. The first-order valence-electron chi connectivity index (χ1n) is 8.70. The molecule has 1 amide bonds. The maximum absolute atomic E-state index is 14.7. The smallest absolute Gasteiger partial charge is 0.292 e. The summed E-state index contributed by atoms with van der Waals surface area (Å²) in [6.45, 7) is 2.71. The SMILES string of the molecule is CC(C)C(=O)N(c1cc(-n2c(=O)cc(C(F)(F)F)n(C)c2=O)c(F)cc1C#N)S(C)(=O)=O. The van der Waals surface area contributed by atoms with Gasteiger partial charge in [0.15, 0.2) is 0 Å². The summed E-state index contributed by atoms with van der Waals surface area (Å²) in [4.78, 5) is 37.3. The maximum atomic E-state index is 14.7. The van der Waals surface area contributed by atoms with Crippen LogP contribution in [0.2, 0.25) is 0 Å². The lowest BCUT2D eigenvalue weighted by molar-refractivity contribution is -0.144. The van der Waals surface area contributed by atoms with Crippen molar-refractivity contribution in [3.63, 3.8) is 0 Å². The number of alkyl halides is 3. The molecule has 0 bridgehead atoms. The number of carbonyl (C=O) groups is 1. The monoisotopic (exact) mass is 476 g/mol. The van der Waals surface area contributed by atoms with Crippen LogP contribution in [0.25, 0.3) is 5.69 Å². The van der Waals surface area contributed by atoms with Crippen LogP contribution in [0.1, 0.15) is 25.1 Å². The molecule has 1 heterocycles. The van der Waals surface area contributed by atoms with Crippen LogP contribution in [0.3, 0.4) is 0 Å². The zero-order valence-electron chi connectivity index (χ0n) is 17.1. The fourth-order valence-corrected chi connectivity index (χ4v) is 3.84. The van der Waals surface area contributed by atoms with Crippen molar-refractivity contribution in [1.29, 1.82) is 5.26 Å². The van der Waals surface area contributed by atoms with Gasteiger partial charge in [-0.3, -0.25) is 14.2 Å². The van der Waals surface area contributed by atoms with Crippen LogP contribution in [-0.4, -0.2) is 29.7 Å². The first-order chi connectivity index (χ1) is 14.5. The summed E-state index contributed by atoms with van der Waals surface area (Å²) in [5.41, 5.74) is -6.97. The van der Waals surface area contributed by atoms with E-state index in [1.807, 2.05) is 0 Å². The van der Waals surface area contributed by atoms with Crippen molar-refractivity contribution in [3.8, 4) is 11.8 Å². The Morgan fingerprint density at radius 2 is 1.75 bits per heavy atom. The minimum absolute atomic E-state index is 0.0372. The van der Waals surface area contributed by atoms with Crippen LogP contribution in [0, 0.1) is 23.1 Å². The van der Waals surface area contributed by atoms with Crippen LogP contribution in [0.15, 0.2) is 27.8 Å². The van der Waals surface area contributed by atoms with Crippen molar-refractivity contribution in [3.05, 3.63) is 56.1 Å². The predicted octanol–water partition coefficient (Wildman–Crippen LogP) is 1.51. The lowest BCUT2D eigenvalue weighted by atomic mass is 10.1. The van der Waals surface area contributed by atoms with Gasteiger partial charge in [-0.25, -0.2) is 26.5 Å². The van der Waals surface area contributed by atoms with Crippen LogP contribution < -0.4 is 15.6 Å². The number of aromatic nitrogens is 2. The normalized spacial score (nSPS) is 12.0. The quantitative estimate of drug-likeness (QED) is 0.617. The van der Waals surface area contributed by atoms with Crippen LogP contribution in [-0.2, 0) is 28.0 Å².